The highest BCUT2D eigenvalue weighted by atomic mass is 32.2. The number of sulfonamides is 1. The van der Waals surface area contributed by atoms with E-state index in [1.54, 1.807) is 0 Å². The first-order valence-electron chi connectivity index (χ1n) is 8.07. The predicted octanol–water partition coefficient (Wildman–Crippen LogP) is 1.93. The molecule has 0 spiro atoms. The Morgan fingerprint density at radius 1 is 1.14 bits per heavy atom. The predicted molar refractivity (Wildman–Crippen MR) is 99.1 cm³/mol. The second kappa shape index (κ2) is 8.81. The average molecular weight is 410 g/mol. The molecule has 0 aromatic heterocycles. The molecule has 2 aromatic rings. The Bertz CT molecular complexity index is 993. The summed E-state index contributed by atoms with van der Waals surface area (Å²) in [7, 11) is -1.38. The van der Waals surface area contributed by atoms with E-state index in [1.165, 1.54) is 57.5 Å². The highest BCUT2D eigenvalue weighted by Crippen LogP contribution is 2.25. The summed E-state index contributed by atoms with van der Waals surface area (Å²) < 4.78 is 49.9. The Balaban J connectivity index is 2.17. The third kappa shape index (κ3) is 4.84. The molecule has 2 aromatic carbocycles. The summed E-state index contributed by atoms with van der Waals surface area (Å²) in [5, 5.41) is 2.31. The topological polar surface area (TPSA) is 111 Å². The van der Waals surface area contributed by atoms with Crippen LogP contribution in [-0.2, 0) is 19.6 Å². The van der Waals surface area contributed by atoms with Crippen molar-refractivity contribution in [1.29, 1.82) is 0 Å². The van der Waals surface area contributed by atoms with Gasteiger partial charge in [0.25, 0.3) is 5.91 Å². The van der Waals surface area contributed by atoms with Crippen LogP contribution in [0.15, 0.2) is 47.4 Å². The number of carbonyl (C=O) groups excluding carboxylic acids is 2. The van der Waals surface area contributed by atoms with E-state index in [4.69, 9.17) is 9.47 Å². The monoisotopic (exact) mass is 410 g/mol. The standard InChI is InChI=1S/C18H19FN2O6S/c1-11(17(22)21-14-7-5-4-6-13(14)19)27-18(23)12-8-9-15(26-3)16(10-12)28(24,25)20-2/h4-11,20H,1-3H3,(H,21,22)/t11-/m1/s1. The quantitative estimate of drug-likeness (QED) is 0.675. The van der Waals surface area contributed by atoms with Crippen LogP contribution in [0.5, 0.6) is 5.75 Å². The molecule has 1 atom stereocenters. The van der Waals surface area contributed by atoms with Crippen molar-refractivity contribution in [3.05, 3.63) is 53.8 Å². The van der Waals surface area contributed by atoms with E-state index in [0.717, 1.165) is 6.07 Å². The zero-order chi connectivity index (χ0) is 20.9. The number of hydrogen-bond acceptors (Lipinski definition) is 6. The van der Waals surface area contributed by atoms with Crippen LogP contribution >= 0.6 is 0 Å². The molecule has 0 aliphatic heterocycles. The summed E-state index contributed by atoms with van der Waals surface area (Å²) in [5.41, 5.74) is -0.151. The lowest BCUT2D eigenvalue weighted by Crippen LogP contribution is -2.30. The van der Waals surface area contributed by atoms with E-state index in [1.807, 2.05) is 0 Å². The van der Waals surface area contributed by atoms with Gasteiger partial charge < -0.3 is 14.8 Å². The summed E-state index contributed by atoms with van der Waals surface area (Å²) in [6, 6.07) is 9.22. The van der Waals surface area contributed by atoms with E-state index in [9.17, 15) is 22.4 Å². The molecule has 0 saturated heterocycles. The number of nitrogens with one attached hydrogen (secondary N) is 2. The second-order valence-electron chi connectivity index (χ2n) is 5.59. The molecular weight excluding hydrogens is 391 g/mol. The average Bonchev–Trinajstić information content (AvgIpc) is 2.68. The van der Waals surface area contributed by atoms with Crippen LogP contribution in [0.2, 0.25) is 0 Å². The van der Waals surface area contributed by atoms with Crippen LogP contribution in [0.1, 0.15) is 17.3 Å². The van der Waals surface area contributed by atoms with Crippen LogP contribution in [-0.4, -0.2) is 40.6 Å². The maximum atomic E-state index is 13.6. The molecule has 0 aliphatic rings. The maximum absolute atomic E-state index is 13.6. The zero-order valence-corrected chi connectivity index (χ0v) is 16.2. The fourth-order valence-electron chi connectivity index (χ4n) is 2.20. The number of methoxy groups -OCH3 is 1. The minimum atomic E-state index is -3.89. The first-order chi connectivity index (χ1) is 13.2. The van der Waals surface area contributed by atoms with Crippen LogP contribution in [0.4, 0.5) is 10.1 Å². The third-order valence-electron chi connectivity index (χ3n) is 3.74. The fraction of sp³-hybridized carbons (Fsp3) is 0.222. The molecule has 28 heavy (non-hydrogen) atoms. The Hall–Kier alpha value is -2.98. The largest absolute Gasteiger partial charge is 0.495 e. The summed E-state index contributed by atoms with van der Waals surface area (Å²) in [4.78, 5) is 24.2. The summed E-state index contributed by atoms with van der Waals surface area (Å²) >= 11 is 0. The number of benzene rings is 2. The molecule has 8 nitrogen and oxygen atoms in total. The summed E-state index contributed by atoms with van der Waals surface area (Å²) in [6.45, 7) is 1.31. The molecule has 1 amide bonds. The smallest absolute Gasteiger partial charge is 0.338 e. The van der Waals surface area contributed by atoms with Gasteiger partial charge in [-0.3, -0.25) is 4.79 Å². The molecule has 0 radical (unpaired) electrons. The fourth-order valence-corrected chi connectivity index (χ4v) is 3.12. The lowest BCUT2D eigenvalue weighted by molar-refractivity contribution is -0.123. The first-order valence-corrected chi connectivity index (χ1v) is 9.56. The van der Waals surface area contributed by atoms with Crippen molar-refractivity contribution in [2.24, 2.45) is 0 Å². The van der Waals surface area contributed by atoms with Gasteiger partial charge in [-0.15, -0.1) is 0 Å². The number of amides is 1. The first kappa shape index (κ1) is 21.3. The van der Waals surface area contributed by atoms with Crippen molar-refractivity contribution in [1.82, 2.24) is 4.72 Å². The van der Waals surface area contributed by atoms with E-state index >= 15 is 0 Å². The van der Waals surface area contributed by atoms with E-state index in [-0.39, 0.29) is 21.9 Å². The summed E-state index contributed by atoms with van der Waals surface area (Å²) in [6.07, 6.45) is -1.25. The van der Waals surface area contributed by atoms with Gasteiger partial charge in [0, 0.05) is 0 Å². The van der Waals surface area contributed by atoms with E-state index in [0.29, 0.717) is 0 Å². The minimum absolute atomic E-state index is 0.0382. The molecule has 0 saturated carbocycles. The lowest BCUT2D eigenvalue weighted by atomic mass is 10.2. The van der Waals surface area contributed by atoms with E-state index < -0.39 is 33.8 Å². The van der Waals surface area contributed by atoms with Gasteiger partial charge in [0.1, 0.15) is 16.5 Å². The van der Waals surface area contributed by atoms with Crippen molar-refractivity contribution in [3.63, 3.8) is 0 Å². The van der Waals surface area contributed by atoms with Gasteiger partial charge in [-0.2, -0.15) is 0 Å². The molecule has 2 N–H and O–H groups in total. The molecule has 0 bridgehead atoms. The number of para-hydroxylation sites is 1. The number of rotatable bonds is 7. The molecule has 0 unspecified atom stereocenters. The number of esters is 1. The summed E-state index contributed by atoms with van der Waals surface area (Å²) in [5.74, 6) is -2.26. The molecule has 0 fully saturated rings. The van der Waals surface area contributed by atoms with Crippen molar-refractivity contribution in [3.8, 4) is 5.75 Å². The molecule has 0 heterocycles. The SMILES string of the molecule is CNS(=O)(=O)c1cc(C(=O)O[C@H](C)C(=O)Nc2ccccc2F)ccc1OC. The van der Waals surface area contributed by atoms with E-state index in [2.05, 4.69) is 10.0 Å². The highest BCUT2D eigenvalue weighted by Gasteiger charge is 2.23. The van der Waals surface area contributed by atoms with Crippen LogP contribution in [0.3, 0.4) is 0 Å². The van der Waals surface area contributed by atoms with Gasteiger partial charge in [0.2, 0.25) is 10.0 Å². The van der Waals surface area contributed by atoms with Gasteiger partial charge in [-0.1, -0.05) is 12.1 Å². The Morgan fingerprint density at radius 3 is 2.43 bits per heavy atom. The molecule has 150 valence electrons. The van der Waals surface area contributed by atoms with Crippen molar-refractivity contribution < 1.29 is 31.9 Å². The van der Waals surface area contributed by atoms with Crippen LogP contribution < -0.4 is 14.8 Å². The molecule has 10 heteroatoms. The van der Waals surface area contributed by atoms with Gasteiger partial charge in [-0.25, -0.2) is 22.3 Å². The second-order valence-corrected chi connectivity index (χ2v) is 7.44. The minimum Gasteiger partial charge on any atom is -0.495 e. The molecular formula is C18H19FN2O6S. The van der Waals surface area contributed by atoms with Crippen molar-refractivity contribution in [2.45, 2.75) is 17.9 Å². The van der Waals surface area contributed by atoms with Gasteiger partial charge in [-0.05, 0) is 44.3 Å². The maximum Gasteiger partial charge on any atom is 0.338 e. The van der Waals surface area contributed by atoms with Crippen molar-refractivity contribution >= 4 is 27.6 Å². The van der Waals surface area contributed by atoms with Crippen LogP contribution in [0, 0.1) is 5.82 Å². The number of anilines is 1. The number of halogens is 1. The van der Waals surface area contributed by atoms with Gasteiger partial charge in [0.05, 0.1) is 18.4 Å². The number of hydrogen-bond donors (Lipinski definition) is 2. The molecule has 2 rings (SSSR count). The Labute approximate surface area is 161 Å². The normalized spacial score (nSPS) is 12.1. The Morgan fingerprint density at radius 2 is 1.82 bits per heavy atom. The van der Waals surface area contributed by atoms with Gasteiger partial charge >= 0.3 is 5.97 Å². The molecule has 0 aliphatic carbocycles. The van der Waals surface area contributed by atoms with Crippen LogP contribution in [0.25, 0.3) is 0 Å². The highest BCUT2D eigenvalue weighted by molar-refractivity contribution is 7.89. The van der Waals surface area contributed by atoms with Crippen molar-refractivity contribution in [2.75, 3.05) is 19.5 Å². The Kier molecular flexibility index (Phi) is 6.71. The lowest BCUT2D eigenvalue weighted by Gasteiger charge is -2.15. The number of carbonyl (C=O) groups is 2. The zero-order valence-electron chi connectivity index (χ0n) is 15.4. The third-order valence-corrected chi connectivity index (χ3v) is 5.18. The number of ether oxygens (including phenoxy) is 2. The van der Waals surface area contributed by atoms with Gasteiger partial charge in [0.15, 0.2) is 6.10 Å².